The first-order valence-electron chi connectivity index (χ1n) is 8.14. The number of rotatable bonds is 5. The maximum absolute atomic E-state index is 13.0. The molecule has 3 heteroatoms. The number of anilines is 1. The van der Waals surface area contributed by atoms with E-state index in [0.29, 0.717) is 6.61 Å². The van der Waals surface area contributed by atoms with Crippen LogP contribution in [0.1, 0.15) is 18.1 Å². The molecular formula is C20H23NO2. The fourth-order valence-corrected chi connectivity index (χ4v) is 3.38. The summed E-state index contributed by atoms with van der Waals surface area (Å²) in [5.41, 5.74) is 3.68. The van der Waals surface area contributed by atoms with Crippen LogP contribution in [0.25, 0.3) is 0 Å². The Morgan fingerprint density at radius 1 is 1.09 bits per heavy atom. The number of methoxy groups -OCH3 is 1. The monoisotopic (exact) mass is 309 g/mol. The molecule has 2 aromatic rings. The molecule has 0 heterocycles. The number of hydrogen-bond acceptors (Lipinski definition) is 2. The number of nitrogens with zero attached hydrogens (tertiary/aromatic N) is 1. The Hall–Kier alpha value is -2.13. The minimum Gasteiger partial charge on any atom is -0.384 e. The topological polar surface area (TPSA) is 29.5 Å². The first-order chi connectivity index (χ1) is 11.2. The van der Waals surface area contributed by atoms with Gasteiger partial charge in [-0.2, -0.15) is 0 Å². The predicted molar refractivity (Wildman–Crippen MR) is 92.6 cm³/mol. The largest absolute Gasteiger partial charge is 0.384 e. The van der Waals surface area contributed by atoms with Crippen molar-refractivity contribution in [1.82, 2.24) is 0 Å². The van der Waals surface area contributed by atoms with E-state index in [0.717, 1.165) is 18.5 Å². The summed E-state index contributed by atoms with van der Waals surface area (Å²) in [6.45, 7) is 2.38. The van der Waals surface area contributed by atoms with Crippen LogP contribution in [0.4, 0.5) is 5.69 Å². The van der Waals surface area contributed by atoms with Gasteiger partial charge in [0.05, 0.1) is 12.5 Å². The first kappa shape index (κ1) is 15.8. The van der Waals surface area contributed by atoms with Crippen molar-refractivity contribution in [3.63, 3.8) is 0 Å². The van der Waals surface area contributed by atoms with E-state index in [-0.39, 0.29) is 17.9 Å². The number of benzene rings is 2. The molecule has 120 valence electrons. The zero-order valence-electron chi connectivity index (χ0n) is 13.7. The number of carbonyl (C=O) groups excluding carboxylic acids is 1. The van der Waals surface area contributed by atoms with Crippen molar-refractivity contribution in [1.29, 1.82) is 0 Å². The van der Waals surface area contributed by atoms with Crippen molar-refractivity contribution in [2.24, 2.45) is 5.92 Å². The smallest absolute Gasteiger partial charge is 0.232 e. The molecule has 1 aliphatic carbocycles. The van der Waals surface area contributed by atoms with Crippen LogP contribution >= 0.6 is 0 Å². The molecule has 1 amide bonds. The van der Waals surface area contributed by atoms with Crippen LogP contribution in [-0.2, 0) is 22.4 Å². The SMILES string of the molecule is COCC(C)C(=O)N(c1ccccc1)C1Cc2ccccc2C1. The van der Waals surface area contributed by atoms with Gasteiger partial charge in [0.15, 0.2) is 0 Å². The van der Waals surface area contributed by atoms with Crippen molar-refractivity contribution >= 4 is 11.6 Å². The minimum atomic E-state index is -0.149. The maximum Gasteiger partial charge on any atom is 0.232 e. The highest BCUT2D eigenvalue weighted by atomic mass is 16.5. The second kappa shape index (κ2) is 6.97. The van der Waals surface area contributed by atoms with E-state index < -0.39 is 0 Å². The number of hydrogen-bond donors (Lipinski definition) is 0. The lowest BCUT2D eigenvalue weighted by molar-refractivity contribution is -0.123. The normalized spacial score (nSPS) is 15.2. The standard InChI is InChI=1S/C20H23NO2/c1-15(14-23-2)20(22)21(18-10-4-3-5-11-18)19-12-16-8-6-7-9-17(16)13-19/h3-11,15,19H,12-14H2,1-2H3. The van der Waals surface area contributed by atoms with Gasteiger partial charge >= 0.3 is 0 Å². The van der Waals surface area contributed by atoms with E-state index in [4.69, 9.17) is 4.74 Å². The van der Waals surface area contributed by atoms with Crippen LogP contribution in [0, 0.1) is 5.92 Å². The van der Waals surface area contributed by atoms with Gasteiger partial charge in [-0.25, -0.2) is 0 Å². The second-order valence-corrected chi connectivity index (χ2v) is 6.23. The molecule has 0 fully saturated rings. The second-order valence-electron chi connectivity index (χ2n) is 6.23. The van der Waals surface area contributed by atoms with Gasteiger partial charge in [-0.1, -0.05) is 49.4 Å². The third-order valence-corrected chi connectivity index (χ3v) is 4.50. The molecule has 0 radical (unpaired) electrons. The van der Waals surface area contributed by atoms with Gasteiger partial charge in [-0.15, -0.1) is 0 Å². The third kappa shape index (κ3) is 3.30. The highest BCUT2D eigenvalue weighted by molar-refractivity contribution is 5.95. The zero-order valence-corrected chi connectivity index (χ0v) is 13.7. The minimum absolute atomic E-state index is 0.135. The molecule has 0 aliphatic heterocycles. The molecule has 2 aromatic carbocycles. The summed E-state index contributed by atoms with van der Waals surface area (Å²) in [7, 11) is 1.64. The van der Waals surface area contributed by atoms with Gasteiger partial charge in [0.2, 0.25) is 5.91 Å². The summed E-state index contributed by atoms with van der Waals surface area (Å²) in [6, 6.07) is 18.6. The van der Waals surface area contributed by atoms with Crippen molar-refractivity contribution < 1.29 is 9.53 Å². The maximum atomic E-state index is 13.0. The molecule has 0 saturated carbocycles. The van der Waals surface area contributed by atoms with Crippen molar-refractivity contribution in [2.45, 2.75) is 25.8 Å². The van der Waals surface area contributed by atoms with E-state index in [1.165, 1.54) is 11.1 Å². The van der Waals surface area contributed by atoms with Gasteiger partial charge in [-0.05, 0) is 36.1 Å². The number of ether oxygens (including phenoxy) is 1. The van der Waals surface area contributed by atoms with Crippen molar-refractivity contribution in [3.05, 3.63) is 65.7 Å². The Labute approximate surface area is 137 Å². The number of fused-ring (bicyclic) bond motifs is 1. The molecule has 3 nitrogen and oxygen atoms in total. The Morgan fingerprint density at radius 3 is 2.22 bits per heavy atom. The van der Waals surface area contributed by atoms with E-state index in [2.05, 4.69) is 24.3 Å². The number of para-hydroxylation sites is 1. The van der Waals surface area contributed by atoms with Gasteiger partial charge in [0.25, 0.3) is 0 Å². The quantitative estimate of drug-likeness (QED) is 0.846. The highest BCUT2D eigenvalue weighted by Crippen LogP contribution is 2.30. The molecule has 0 bridgehead atoms. The summed E-state index contributed by atoms with van der Waals surface area (Å²) in [5.74, 6) is -0.0141. The van der Waals surface area contributed by atoms with Crippen LogP contribution < -0.4 is 4.90 Å². The average Bonchev–Trinajstić information content (AvgIpc) is 2.99. The molecule has 1 atom stereocenters. The average molecular weight is 309 g/mol. The Morgan fingerprint density at radius 2 is 1.65 bits per heavy atom. The van der Waals surface area contributed by atoms with Crippen molar-refractivity contribution in [3.8, 4) is 0 Å². The van der Waals surface area contributed by atoms with E-state index in [1.807, 2.05) is 42.2 Å². The lowest BCUT2D eigenvalue weighted by atomic mass is 10.1. The van der Waals surface area contributed by atoms with Crippen LogP contribution in [-0.4, -0.2) is 25.7 Å². The van der Waals surface area contributed by atoms with E-state index in [9.17, 15) is 4.79 Å². The fraction of sp³-hybridized carbons (Fsp3) is 0.350. The van der Waals surface area contributed by atoms with Crippen LogP contribution in [0.3, 0.4) is 0 Å². The Bertz CT molecular complexity index is 643. The van der Waals surface area contributed by atoms with Crippen LogP contribution in [0.2, 0.25) is 0 Å². The van der Waals surface area contributed by atoms with E-state index in [1.54, 1.807) is 7.11 Å². The Kier molecular flexibility index (Phi) is 4.77. The summed E-state index contributed by atoms with van der Waals surface area (Å²) in [6.07, 6.45) is 1.83. The van der Waals surface area contributed by atoms with Crippen LogP contribution in [0.5, 0.6) is 0 Å². The highest BCUT2D eigenvalue weighted by Gasteiger charge is 2.32. The summed E-state index contributed by atoms with van der Waals surface area (Å²) in [5, 5.41) is 0. The van der Waals surface area contributed by atoms with Crippen molar-refractivity contribution in [2.75, 3.05) is 18.6 Å². The zero-order chi connectivity index (χ0) is 16.2. The van der Waals surface area contributed by atoms with Gasteiger partial charge < -0.3 is 9.64 Å². The molecular weight excluding hydrogens is 286 g/mol. The molecule has 0 aromatic heterocycles. The number of carbonyl (C=O) groups is 1. The molecule has 23 heavy (non-hydrogen) atoms. The molecule has 1 aliphatic rings. The fourth-order valence-electron chi connectivity index (χ4n) is 3.38. The first-order valence-corrected chi connectivity index (χ1v) is 8.14. The van der Waals surface area contributed by atoms with E-state index >= 15 is 0 Å². The van der Waals surface area contributed by atoms with Gasteiger partial charge in [0, 0.05) is 18.8 Å². The van der Waals surface area contributed by atoms with Gasteiger partial charge in [0.1, 0.15) is 0 Å². The summed E-state index contributed by atoms with van der Waals surface area (Å²) in [4.78, 5) is 15.0. The molecule has 0 saturated heterocycles. The molecule has 0 spiro atoms. The lowest BCUT2D eigenvalue weighted by Gasteiger charge is -2.31. The lowest BCUT2D eigenvalue weighted by Crippen LogP contribution is -2.44. The predicted octanol–water partition coefficient (Wildman–Crippen LogP) is 3.47. The number of amides is 1. The molecule has 1 unspecified atom stereocenters. The van der Waals surface area contributed by atoms with Gasteiger partial charge in [-0.3, -0.25) is 4.79 Å². The summed E-state index contributed by atoms with van der Waals surface area (Å²) >= 11 is 0. The summed E-state index contributed by atoms with van der Waals surface area (Å²) < 4.78 is 5.19. The van der Waals surface area contributed by atoms with Crippen LogP contribution in [0.15, 0.2) is 54.6 Å². The molecule has 3 rings (SSSR count). The molecule has 0 N–H and O–H groups in total. The third-order valence-electron chi connectivity index (χ3n) is 4.50. The Balaban J connectivity index is 1.89.